The molecule has 21 heavy (non-hydrogen) atoms. The van der Waals surface area contributed by atoms with Crippen molar-refractivity contribution < 1.29 is 17.9 Å². The lowest BCUT2D eigenvalue weighted by atomic mass is 9.92. The van der Waals surface area contributed by atoms with E-state index >= 15 is 0 Å². The van der Waals surface area contributed by atoms with Crippen LogP contribution in [0.3, 0.4) is 0 Å². The summed E-state index contributed by atoms with van der Waals surface area (Å²) in [6.45, 7) is 0.425. The number of halogens is 3. The van der Waals surface area contributed by atoms with E-state index < -0.39 is 6.36 Å². The van der Waals surface area contributed by atoms with Gasteiger partial charge in [0.05, 0.1) is 0 Å². The summed E-state index contributed by atoms with van der Waals surface area (Å²) in [6, 6.07) is 15.7. The lowest BCUT2D eigenvalue weighted by Crippen LogP contribution is -2.17. The molecule has 0 radical (unpaired) electrons. The van der Waals surface area contributed by atoms with Gasteiger partial charge in [0.15, 0.2) is 0 Å². The Balaban J connectivity index is 2.13. The van der Waals surface area contributed by atoms with Gasteiger partial charge in [-0.1, -0.05) is 42.5 Å². The lowest BCUT2D eigenvalue weighted by Gasteiger charge is -2.16. The van der Waals surface area contributed by atoms with Crippen LogP contribution in [0.4, 0.5) is 13.2 Å². The summed E-state index contributed by atoms with van der Waals surface area (Å²) < 4.78 is 40.6. The van der Waals surface area contributed by atoms with Gasteiger partial charge in [-0.15, -0.1) is 13.2 Å². The Morgan fingerprint density at radius 1 is 1.00 bits per heavy atom. The molecule has 2 aromatic carbocycles. The molecule has 0 saturated heterocycles. The Kier molecular flexibility index (Phi) is 4.85. The summed E-state index contributed by atoms with van der Waals surface area (Å²) in [4.78, 5) is 0. The first-order chi connectivity index (χ1) is 9.98. The van der Waals surface area contributed by atoms with Crippen LogP contribution in [0.15, 0.2) is 54.6 Å². The van der Waals surface area contributed by atoms with Crippen molar-refractivity contribution in [3.63, 3.8) is 0 Å². The first-order valence-corrected chi connectivity index (χ1v) is 6.57. The van der Waals surface area contributed by atoms with Gasteiger partial charge in [0.25, 0.3) is 0 Å². The largest absolute Gasteiger partial charge is 0.573 e. The fourth-order valence-electron chi connectivity index (χ4n) is 2.22. The van der Waals surface area contributed by atoms with Crippen LogP contribution in [0, 0.1) is 0 Å². The summed E-state index contributed by atoms with van der Waals surface area (Å²) in [6.07, 6.45) is -4.11. The first-order valence-electron chi connectivity index (χ1n) is 6.57. The molecule has 2 nitrogen and oxygen atoms in total. The zero-order chi connectivity index (χ0) is 15.3. The molecule has 0 aromatic heterocycles. The highest BCUT2D eigenvalue weighted by atomic mass is 19.4. The van der Waals surface area contributed by atoms with E-state index in [0.29, 0.717) is 13.0 Å². The number of hydrogen-bond acceptors (Lipinski definition) is 2. The van der Waals surface area contributed by atoms with Gasteiger partial charge in [0.2, 0.25) is 0 Å². The minimum atomic E-state index is -4.68. The molecule has 5 heteroatoms. The maximum absolute atomic E-state index is 12.2. The van der Waals surface area contributed by atoms with Crippen LogP contribution in [0.2, 0.25) is 0 Å². The van der Waals surface area contributed by atoms with Crippen LogP contribution >= 0.6 is 0 Å². The van der Waals surface area contributed by atoms with E-state index in [-0.39, 0.29) is 11.7 Å². The van der Waals surface area contributed by atoms with Crippen molar-refractivity contribution >= 4 is 0 Å². The predicted molar refractivity (Wildman–Crippen MR) is 75.1 cm³/mol. The molecule has 112 valence electrons. The standard InChI is InChI=1S/C16H16F3NO/c17-16(18,19)21-15-8-4-5-12(10-15)9-14(11-20)13-6-2-1-3-7-13/h1-8,10,14H,9,11,20H2. The number of benzene rings is 2. The van der Waals surface area contributed by atoms with Gasteiger partial charge in [-0.25, -0.2) is 0 Å². The van der Waals surface area contributed by atoms with Gasteiger partial charge in [-0.05, 0) is 36.2 Å². The molecule has 0 bridgehead atoms. The molecule has 0 aliphatic rings. The van der Waals surface area contributed by atoms with Crippen molar-refractivity contribution in [2.24, 2.45) is 5.73 Å². The van der Waals surface area contributed by atoms with Crippen molar-refractivity contribution in [1.29, 1.82) is 0 Å². The van der Waals surface area contributed by atoms with Crippen molar-refractivity contribution in [2.75, 3.05) is 6.54 Å². The first kappa shape index (κ1) is 15.4. The molecule has 1 unspecified atom stereocenters. The summed E-state index contributed by atoms with van der Waals surface area (Å²) in [7, 11) is 0. The van der Waals surface area contributed by atoms with E-state index in [9.17, 15) is 13.2 Å². The normalized spacial score (nSPS) is 13.0. The third kappa shape index (κ3) is 4.79. The Bertz CT molecular complexity index is 569. The number of rotatable bonds is 5. The summed E-state index contributed by atoms with van der Waals surface area (Å²) in [5.74, 6) is -0.142. The highest BCUT2D eigenvalue weighted by Gasteiger charge is 2.31. The summed E-state index contributed by atoms with van der Waals surface area (Å²) in [5, 5.41) is 0. The molecular weight excluding hydrogens is 279 g/mol. The maximum atomic E-state index is 12.2. The van der Waals surface area contributed by atoms with Gasteiger partial charge in [0.1, 0.15) is 5.75 Å². The maximum Gasteiger partial charge on any atom is 0.573 e. The Hall–Kier alpha value is -2.01. The van der Waals surface area contributed by atoms with E-state index in [1.54, 1.807) is 12.1 Å². The molecule has 0 amide bonds. The average molecular weight is 295 g/mol. The second kappa shape index (κ2) is 6.63. The van der Waals surface area contributed by atoms with Gasteiger partial charge >= 0.3 is 6.36 Å². The van der Waals surface area contributed by atoms with Crippen LogP contribution in [0.1, 0.15) is 17.0 Å². The molecule has 0 heterocycles. The molecule has 0 aliphatic heterocycles. The van der Waals surface area contributed by atoms with Crippen LogP contribution < -0.4 is 10.5 Å². The van der Waals surface area contributed by atoms with Crippen LogP contribution in [0.5, 0.6) is 5.75 Å². The van der Waals surface area contributed by atoms with Crippen LogP contribution in [-0.4, -0.2) is 12.9 Å². The summed E-state index contributed by atoms with van der Waals surface area (Å²) >= 11 is 0. The minimum absolute atomic E-state index is 0.0623. The number of nitrogens with two attached hydrogens (primary N) is 1. The quantitative estimate of drug-likeness (QED) is 0.908. The van der Waals surface area contributed by atoms with Crippen molar-refractivity contribution in [2.45, 2.75) is 18.7 Å². The highest BCUT2D eigenvalue weighted by Crippen LogP contribution is 2.26. The molecule has 0 aliphatic carbocycles. The molecule has 2 rings (SSSR count). The molecule has 2 N–H and O–H groups in total. The monoisotopic (exact) mass is 295 g/mol. The molecular formula is C16H16F3NO. The topological polar surface area (TPSA) is 35.2 Å². The zero-order valence-electron chi connectivity index (χ0n) is 11.3. The van der Waals surface area contributed by atoms with E-state index in [4.69, 9.17) is 5.73 Å². The van der Waals surface area contributed by atoms with E-state index in [1.165, 1.54) is 12.1 Å². The molecule has 0 fully saturated rings. The number of ether oxygens (including phenoxy) is 1. The fraction of sp³-hybridized carbons (Fsp3) is 0.250. The minimum Gasteiger partial charge on any atom is -0.406 e. The molecule has 0 saturated carbocycles. The smallest absolute Gasteiger partial charge is 0.406 e. The SMILES string of the molecule is NCC(Cc1cccc(OC(F)(F)F)c1)c1ccccc1. The highest BCUT2D eigenvalue weighted by molar-refractivity contribution is 5.31. The third-order valence-corrected chi connectivity index (χ3v) is 3.17. The van der Waals surface area contributed by atoms with E-state index in [1.807, 2.05) is 30.3 Å². The second-order valence-corrected chi connectivity index (χ2v) is 4.74. The van der Waals surface area contributed by atoms with Crippen LogP contribution in [-0.2, 0) is 6.42 Å². The molecule has 0 spiro atoms. The van der Waals surface area contributed by atoms with Crippen molar-refractivity contribution in [1.82, 2.24) is 0 Å². The van der Waals surface area contributed by atoms with E-state index in [0.717, 1.165) is 11.1 Å². The summed E-state index contributed by atoms with van der Waals surface area (Å²) in [5.41, 5.74) is 7.61. The molecule has 1 atom stereocenters. The zero-order valence-corrected chi connectivity index (χ0v) is 11.3. The third-order valence-electron chi connectivity index (χ3n) is 3.17. The Morgan fingerprint density at radius 2 is 1.71 bits per heavy atom. The predicted octanol–water partition coefficient (Wildman–Crippen LogP) is 3.87. The second-order valence-electron chi connectivity index (χ2n) is 4.74. The van der Waals surface area contributed by atoms with Gasteiger partial charge < -0.3 is 10.5 Å². The molecule has 2 aromatic rings. The number of hydrogen-bond donors (Lipinski definition) is 1. The van der Waals surface area contributed by atoms with Crippen molar-refractivity contribution in [3.8, 4) is 5.75 Å². The average Bonchev–Trinajstić information content (AvgIpc) is 2.44. The van der Waals surface area contributed by atoms with Crippen molar-refractivity contribution in [3.05, 3.63) is 65.7 Å². The lowest BCUT2D eigenvalue weighted by molar-refractivity contribution is -0.274. The Labute approximate surface area is 121 Å². The Morgan fingerprint density at radius 3 is 2.33 bits per heavy atom. The fourth-order valence-corrected chi connectivity index (χ4v) is 2.22. The van der Waals surface area contributed by atoms with E-state index in [2.05, 4.69) is 4.74 Å². The van der Waals surface area contributed by atoms with Crippen LogP contribution in [0.25, 0.3) is 0 Å². The number of alkyl halides is 3. The van der Waals surface area contributed by atoms with Gasteiger partial charge in [0, 0.05) is 5.92 Å². The van der Waals surface area contributed by atoms with Gasteiger partial charge in [-0.2, -0.15) is 0 Å². The van der Waals surface area contributed by atoms with Gasteiger partial charge in [-0.3, -0.25) is 0 Å².